The van der Waals surface area contributed by atoms with E-state index in [-0.39, 0.29) is 18.0 Å². The number of hydrogen-bond acceptors (Lipinski definition) is 4. The minimum absolute atomic E-state index is 0.0237. The van der Waals surface area contributed by atoms with Crippen LogP contribution in [0.2, 0.25) is 0 Å². The minimum Gasteiger partial charge on any atom is -0.465 e. The molecule has 2 fully saturated rings. The second-order valence-corrected chi connectivity index (χ2v) is 4.86. The lowest BCUT2D eigenvalue weighted by atomic mass is 9.89. The van der Waals surface area contributed by atoms with E-state index in [1.54, 1.807) is 11.8 Å². The Bertz CT molecular complexity index is 219. The molecule has 0 amide bonds. The minimum atomic E-state index is -0.0498. The Morgan fingerprint density at radius 3 is 3.00 bits per heavy atom. The van der Waals surface area contributed by atoms with E-state index in [1.165, 1.54) is 0 Å². The van der Waals surface area contributed by atoms with Crippen LogP contribution in [0.1, 0.15) is 19.3 Å². The van der Waals surface area contributed by atoms with E-state index in [0.717, 1.165) is 25.0 Å². The standard InChI is InChI=1S/C10H16O3S/c1-14-5-4-12-10(11)8-6-7-2-3-9(8)13-7/h7-9H,2-6H2,1H3. The van der Waals surface area contributed by atoms with Gasteiger partial charge in [-0.05, 0) is 25.5 Å². The van der Waals surface area contributed by atoms with Gasteiger partial charge in [-0.15, -0.1) is 0 Å². The van der Waals surface area contributed by atoms with Crippen LogP contribution in [0.5, 0.6) is 0 Å². The fourth-order valence-electron chi connectivity index (χ4n) is 2.22. The van der Waals surface area contributed by atoms with Crippen LogP contribution in [-0.2, 0) is 14.3 Å². The van der Waals surface area contributed by atoms with Crippen LogP contribution in [-0.4, -0.2) is 36.8 Å². The van der Waals surface area contributed by atoms with Crippen molar-refractivity contribution in [2.75, 3.05) is 18.6 Å². The van der Waals surface area contributed by atoms with Crippen LogP contribution in [0.15, 0.2) is 0 Å². The number of hydrogen-bond donors (Lipinski definition) is 0. The van der Waals surface area contributed by atoms with Crippen molar-refractivity contribution in [1.29, 1.82) is 0 Å². The Morgan fingerprint density at radius 1 is 1.57 bits per heavy atom. The number of thioether (sulfide) groups is 1. The SMILES string of the molecule is CSCCOC(=O)C1CC2CCC1O2. The Balaban J connectivity index is 1.75. The maximum atomic E-state index is 11.6. The molecule has 0 aliphatic carbocycles. The van der Waals surface area contributed by atoms with E-state index in [9.17, 15) is 4.79 Å². The van der Waals surface area contributed by atoms with Gasteiger partial charge in [0.25, 0.3) is 0 Å². The van der Waals surface area contributed by atoms with E-state index in [2.05, 4.69) is 0 Å². The van der Waals surface area contributed by atoms with Crippen LogP contribution < -0.4 is 0 Å². The molecule has 0 N–H and O–H groups in total. The molecule has 3 atom stereocenters. The zero-order valence-electron chi connectivity index (χ0n) is 8.40. The summed E-state index contributed by atoms with van der Waals surface area (Å²) >= 11 is 1.69. The summed E-state index contributed by atoms with van der Waals surface area (Å²) < 4.78 is 10.8. The Labute approximate surface area is 88.5 Å². The highest BCUT2D eigenvalue weighted by molar-refractivity contribution is 7.98. The quantitative estimate of drug-likeness (QED) is 0.526. The highest BCUT2D eigenvalue weighted by Crippen LogP contribution is 2.39. The zero-order valence-corrected chi connectivity index (χ0v) is 9.22. The van der Waals surface area contributed by atoms with Gasteiger partial charge in [-0.2, -0.15) is 11.8 Å². The largest absolute Gasteiger partial charge is 0.465 e. The van der Waals surface area contributed by atoms with Gasteiger partial charge in [0.2, 0.25) is 0 Å². The van der Waals surface area contributed by atoms with Gasteiger partial charge in [-0.1, -0.05) is 0 Å². The summed E-state index contributed by atoms with van der Waals surface area (Å²) in [5.41, 5.74) is 0. The maximum absolute atomic E-state index is 11.6. The predicted octanol–water partition coefficient (Wildman–Crippen LogP) is 1.46. The average Bonchev–Trinajstić information content (AvgIpc) is 2.79. The van der Waals surface area contributed by atoms with Gasteiger partial charge in [0.1, 0.15) is 6.61 Å². The Hall–Kier alpha value is -0.220. The van der Waals surface area contributed by atoms with Gasteiger partial charge in [0, 0.05) is 5.75 Å². The van der Waals surface area contributed by atoms with Crippen molar-refractivity contribution >= 4 is 17.7 Å². The molecular weight excluding hydrogens is 200 g/mol. The first kappa shape index (κ1) is 10.3. The van der Waals surface area contributed by atoms with Crippen molar-refractivity contribution in [1.82, 2.24) is 0 Å². The molecule has 0 radical (unpaired) electrons. The summed E-state index contributed by atoms with van der Waals surface area (Å²) in [7, 11) is 0. The Kier molecular flexibility index (Phi) is 3.34. The van der Waals surface area contributed by atoms with E-state index < -0.39 is 0 Å². The average molecular weight is 216 g/mol. The number of ether oxygens (including phenoxy) is 2. The van der Waals surface area contributed by atoms with Crippen molar-refractivity contribution in [3.63, 3.8) is 0 Å². The normalized spacial score (nSPS) is 34.8. The molecule has 2 heterocycles. The van der Waals surface area contributed by atoms with Crippen molar-refractivity contribution in [3.8, 4) is 0 Å². The summed E-state index contributed by atoms with van der Waals surface area (Å²) in [5.74, 6) is 0.856. The lowest BCUT2D eigenvalue weighted by molar-refractivity contribution is -0.149. The highest BCUT2D eigenvalue weighted by Gasteiger charge is 2.45. The first-order valence-electron chi connectivity index (χ1n) is 5.12. The second kappa shape index (κ2) is 4.53. The van der Waals surface area contributed by atoms with Gasteiger partial charge in [0.15, 0.2) is 0 Å². The number of fused-ring (bicyclic) bond motifs is 2. The molecule has 80 valence electrons. The fraction of sp³-hybridized carbons (Fsp3) is 0.900. The molecule has 2 rings (SSSR count). The fourth-order valence-corrected chi connectivity index (χ4v) is 2.47. The zero-order chi connectivity index (χ0) is 9.97. The second-order valence-electron chi connectivity index (χ2n) is 3.88. The van der Waals surface area contributed by atoms with Crippen LogP contribution >= 0.6 is 11.8 Å². The van der Waals surface area contributed by atoms with Crippen molar-refractivity contribution in [2.24, 2.45) is 5.92 Å². The molecule has 0 spiro atoms. The molecule has 0 aromatic rings. The number of carbonyl (C=O) groups is 1. The first-order chi connectivity index (χ1) is 6.81. The summed E-state index contributed by atoms with van der Waals surface area (Å²) in [4.78, 5) is 11.6. The topological polar surface area (TPSA) is 35.5 Å². The smallest absolute Gasteiger partial charge is 0.311 e. The predicted molar refractivity (Wildman–Crippen MR) is 55.3 cm³/mol. The Morgan fingerprint density at radius 2 is 2.43 bits per heavy atom. The molecule has 2 aliphatic rings. The third-order valence-electron chi connectivity index (χ3n) is 2.94. The van der Waals surface area contributed by atoms with Gasteiger partial charge < -0.3 is 9.47 Å². The van der Waals surface area contributed by atoms with E-state index in [4.69, 9.17) is 9.47 Å². The molecule has 0 saturated carbocycles. The van der Waals surface area contributed by atoms with Crippen molar-refractivity contribution < 1.29 is 14.3 Å². The van der Waals surface area contributed by atoms with Gasteiger partial charge in [-0.3, -0.25) is 4.79 Å². The molecule has 3 nitrogen and oxygen atoms in total. The molecule has 2 aliphatic heterocycles. The highest BCUT2D eigenvalue weighted by atomic mass is 32.2. The van der Waals surface area contributed by atoms with Crippen LogP contribution in [0.3, 0.4) is 0 Å². The summed E-state index contributed by atoms with van der Waals surface area (Å²) in [6.07, 6.45) is 5.53. The lowest BCUT2D eigenvalue weighted by Gasteiger charge is -2.16. The molecule has 2 saturated heterocycles. The number of esters is 1. The third-order valence-corrected chi connectivity index (χ3v) is 3.52. The number of carbonyl (C=O) groups excluding carboxylic acids is 1. The molecule has 2 bridgehead atoms. The third kappa shape index (κ3) is 2.06. The monoisotopic (exact) mass is 216 g/mol. The molecule has 4 heteroatoms. The molecular formula is C10H16O3S. The van der Waals surface area contributed by atoms with E-state index in [1.807, 2.05) is 6.26 Å². The van der Waals surface area contributed by atoms with Crippen molar-refractivity contribution in [2.45, 2.75) is 31.5 Å². The van der Waals surface area contributed by atoms with Crippen LogP contribution in [0, 0.1) is 5.92 Å². The summed E-state index contributed by atoms with van der Waals surface area (Å²) in [5, 5.41) is 0. The van der Waals surface area contributed by atoms with E-state index >= 15 is 0 Å². The van der Waals surface area contributed by atoms with Crippen LogP contribution in [0.25, 0.3) is 0 Å². The molecule has 0 aromatic heterocycles. The summed E-state index contributed by atoms with van der Waals surface area (Å²) in [6, 6.07) is 0. The lowest BCUT2D eigenvalue weighted by Crippen LogP contribution is -2.27. The van der Waals surface area contributed by atoms with Gasteiger partial charge >= 0.3 is 5.97 Å². The van der Waals surface area contributed by atoms with Crippen LogP contribution in [0.4, 0.5) is 0 Å². The molecule has 14 heavy (non-hydrogen) atoms. The maximum Gasteiger partial charge on any atom is 0.311 e. The molecule has 3 unspecified atom stereocenters. The summed E-state index contributed by atoms with van der Waals surface area (Å²) in [6.45, 7) is 0.536. The van der Waals surface area contributed by atoms with Gasteiger partial charge in [0.05, 0.1) is 18.1 Å². The number of rotatable bonds is 4. The molecule has 0 aromatic carbocycles. The van der Waals surface area contributed by atoms with Gasteiger partial charge in [-0.25, -0.2) is 0 Å². The van der Waals surface area contributed by atoms with Crippen molar-refractivity contribution in [3.05, 3.63) is 0 Å². The first-order valence-corrected chi connectivity index (χ1v) is 6.51. The van der Waals surface area contributed by atoms with E-state index in [0.29, 0.717) is 12.7 Å².